The fraction of sp³-hybridized carbons (Fsp3) is 0.412. The average molecular weight is 302 g/mol. The van der Waals surface area contributed by atoms with E-state index < -0.39 is 0 Å². The summed E-state index contributed by atoms with van der Waals surface area (Å²) in [7, 11) is 0. The van der Waals surface area contributed by atoms with Crippen molar-refractivity contribution in [3.63, 3.8) is 0 Å². The number of para-hydroxylation sites is 1. The van der Waals surface area contributed by atoms with Crippen molar-refractivity contribution in [2.45, 2.75) is 39.7 Å². The van der Waals surface area contributed by atoms with Crippen LogP contribution in [0.4, 0.5) is 5.69 Å². The lowest BCUT2D eigenvalue weighted by atomic mass is 9.96. The van der Waals surface area contributed by atoms with Crippen LogP contribution in [0, 0.1) is 0 Å². The van der Waals surface area contributed by atoms with Crippen molar-refractivity contribution in [3.05, 3.63) is 41.6 Å². The molecular weight excluding hydrogens is 280 g/mol. The summed E-state index contributed by atoms with van der Waals surface area (Å²) in [6, 6.07) is 10.1. The minimum atomic E-state index is -0.00471. The Balaban J connectivity index is 2.53. The van der Waals surface area contributed by atoms with E-state index >= 15 is 0 Å². The minimum absolute atomic E-state index is 0.00471. The number of allylic oxidation sites excluding steroid dienone is 1. The van der Waals surface area contributed by atoms with E-state index in [0.29, 0.717) is 0 Å². The van der Waals surface area contributed by atoms with Crippen LogP contribution < -0.4 is 4.90 Å². The highest BCUT2D eigenvalue weighted by Gasteiger charge is 2.30. The van der Waals surface area contributed by atoms with Crippen LogP contribution in [-0.4, -0.2) is 23.2 Å². The van der Waals surface area contributed by atoms with Gasteiger partial charge < -0.3 is 0 Å². The number of amidine groups is 1. The average Bonchev–Trinajstić information content (AvgIpc) is 2.47. The van der Waals surface area contributed by atoms with Gasteiger partial charge in [0.05, 0.1) is 6.04 Å². The summed E-state index contributed by atoms with van der Waals surface area (Å²) >= 11 is 1.63. The largest absolute Gasteiger partial charge is 0.295 e. The second-order valence-corrected chi connectivity index (χ2v) is 5.92. The van der Waals surface area contributed by atoms with E-state index in [1.54, 1.807) is 18.7 Å². The molecule has 0 aliphatic carbocycles. The van der Waals surface area contributed by atoms with Gasteiger partial charge in [-0.3, -0.25) is 14.7 Å². The second kappa shape index (κ2) is 6.94. The predicted octanol–water partition coefficient (Wildman–Crippen LogP) is 4.26. The summed E-state index contributed by atoms with van der Waals surface area (Å²) in [6.07, 6.45) is 3.97. The van der Waals surface area contributed by atoms with E-state index in [1.165, 1.54) is 0 Å². The molecule has 0 saturated heterocycles. The Morgan fingerprint density at radius 2 is 2.00 bits per heavy atom. The Morgan fingerprint density at radius 3 is 2.52 bits per heavy atom. The summed E-state index contributed by atoms with van der Waals surface area (Å²) in [5, 5.41) is 0.960. The molecule has 1 heterocycles. The first-order chi connectivity index (χ1) is 10.1. The molecule has 1 aromatic carbocycles. The van der Waals surface area contributed by atoms with Gasteiger partial charge in [-0.1, -0.05) is 43.3 Å². The zero-order chi connectivity index (χ0) is 15.4. The van der Waals surface area contributed by atoms with E-state index in [1.807, 2.05) is 43.5 Å². The normalized spacial score (nSPS) is 18.8. The molecule has 0 bridgehead atoms. The molecule has 0 saturated carbocycles. The van der Waals surface area contributed by atoms with Gasteiger partial charge in [0.25, 0.3) is 0 Å². The van der Waals surface area contributed by atoms with Crippen molar-refractivity contribution in [2.24, 2.45) is 4.99 Å². The van der Waals surface area contributed by atoms with Crippen LogP contribution in [0.5, 0.6) is 0 Å². The van der Waals surface area contributed by atoms with Crippen LogP contribution in [0.15, 0.2) is 46.6 Å². The molecule has 0 spiro atoms. The molecule has 1 unspecified atom stereocenters. The Morgan fingerprint density at radius 1 is 1.33 bits per heavy atom. The topological polar surface area (TPSA) is 32.7 Å². The first-order valence-electron chi connectivity index (χ1n) is 7.28. The van der Waals surface area contributed by atoms with Crippen molar-refractivity contribution in [1.29, 1.82) is 0 Å². The monoisotopic (exact) mass is 302 g/mol. The highest BCUT2D eigenvalue weighted by atomic mass is 32.2. The number of ketones is 1. The number of Topliss-reactive ketones (excluding diaryl/α,β-unsaturated/α-hetero) is 1. The third-order valence-corrected chi connectivity index (χ3v) is 4.31. The molecule has 2 rings (SSSR count). The molecule has 1 aromatic rings. The number of benzene rings is 1. The number of nitrogens with zero attached hydrogens (tertiary/aromatic N) is 2. The Hall–Kier alpha value is -1.55. The fourth-order valence-electron chi connectivity index (χ4n) is 2.76. The molecule has 4 heteroatoms. The lowest BCUT2D eigenvalue weighted by Crippen LogP contribution is -2.36. The van der Waals surface area contributed by atoms with Crippen molar-refractivity contribution in [2.75, 3.05) is 11.2 Å². The van der Waals surface area contributed by atoms with Gasteiger partial charge in [0.2, 0.25) is 0 Å². The lowest BCUT2D eigenvalue weighted by Gasteiger charge is -2.34. The van der Waals surface area contributed by atoms with Gasteiger partial charge in [0, 0.05) is 17.0 Å². The molecule has 3 nitrogen and oxygen atoms in total. The van der Waals surface area contributed by atoms with Crippen LogP contribution >= 0.6 is 11.8 Å². The summed E-state index contributed by atoms with van der Waals surface area (Å²) in [6.45, 7) is 5.80. The second-order valence-electron chi connectivity index (χ2n) is 5.15. The molecule has 21 heavy (non-hydrogen) atoms. The molecular formula is C17H22N2OS. The van der Waals surface area contributed by atoms with Crippen LogP contribution in [-0.2, 0) is 4.79 Å². The lowest BCUT2D eigenvalue weighted by molar-refractivity contribution is -0.113. The number of carbonyl (C=O) groups excluding carboxylic acids is 1. The van der Waals surface area contributed by atoms with E-state index in [-0.39, 0.29) is 11.8 Å². The molecule has 0 N–H and O–H groups in total. The van der Waals surface area contributed by atoms with Crippen molar-refractivity contribution in [1.82, 2.24) is 0 Å². The Bertz CT molecular complexity index is 578. The van der Waals surface area contributed by atoms with Gasteiger partial charge in [-0.05, 0) is 38.7 Å². The zero-order valence-corrected chi connectivity index (χ0v) is 13.9. The van der Waals surface area contributed by atoms with Gasteiger partial charge in [-0.2, -0.15) is 0 Å². The third-order valence-electron chi connectivity index (χ3n) is 3.65. The maximum atomic E-state index is 12.1. The first-order valence-corrected chi connectivity index (χ1v) is 8.51. The Labute approximate surface area is 131 Å². The third kappa shape index (κ3) is 3.21. The quantitative estimate of drug-likeness (QED) is 0.833. The molecule has 1 aliphatic rings. The van der Waals surface area contributed by atoms with Crippen LogP contribution in [0.3, 0.4) is 0 Å². The highest BCUT2D eigenvalue weighted by Crippen LogP contribution is 2.32. The predicted molar refractivity (Wildman–Crippen MR) is 91.9 cm³/mol. The van der Waals surface area contributed by atoms with Gasteiger partial charge in [0.1, 0.15) is 0 Å². The molecule has 1 atom stereocenters. The molecule has 0 radical (unpaired) electrons. The zero-order valence-electron chi connectivity index (χ0n) is 13.1. The number of hydrogen-bond acceptors (Lipinski definition) is 4. The standard InChI is InChI=1S/C17H22N2OS/c1-5-9-15-16(13(3)20)12(2)19(17(18-15)21-4)14-10-7-6-8-11-14/h6-8,10-11,15H,5,9H2,1-4H3. The molecule has 1 aliphatic heterocycles. The van der Waals surface area contributed by atoms with Crippen molar-refractivity contribution < 1.29 is 4.79 Å². The van der Waals surface area contributed by atoms with E-state index in [4.69, 9.17) is 4.99 Å². The number of carbonyl (C=O) groups is 1. The maximum Gasteiger partial charge on any atom is 0.168 e. The minimum Gasteiger partial charge on any atom is -0.295 e. The molecule has 112 valence electrons. The van der Waals surface area contributed by atoms with Gasteiger partial charge in [-0.15, -0.1) is 0 Å². The number of aliphatic imine (C=N–C) groups is 1. The summed E-state index contributed by atoms with van der Waals surface area (Å²) in [5.74, 6) is 0.121. The maximum absolute atomic E-state index is 12.1. The van der Waals surface area contributed by atoms with Crippen LogP contribution in [0.25, 0.3) is 0 Å². The Kier molecular flexibility index (Phi) is 5.23. The summed E-state index contributed by atoms with van der Waals surface area (Å²) < 4.78 is 0. The van der Waals surface area contributed by atoms with Crippen LogP contribution in [0.2, 0.25) is 0 Å². The number of hydrogen-bond donors (Lipinski definition) is 0. The number of thioether (sulfide) groups is 1. The molecule has 0 aromatic heterocycles. The van der Waals surface area contributed by atoms with Gasteiger partial charge >= 0.3 is 0 Å². The summed E-state index contributed by atoms with van der Waals surface area (Å²) in [4.78, 5) is 19.0. The van der Waals surface area contributed by atoms with E-state index in [9.17, 15) is 4.79 Å². The van der Waals surface area contributed by atoms with Crippen molar-refractivity contribution >= 4 is 28.4 Å². The van der Waals surface area contributed by atoms with Crippen molar-refractivity contribution in [3.8, 4) is 0 Å². The smallest absolute Gasteiger partial charge is 0.168 e. The highest BCUT2D eigenvalue weighted by molar-refractivity contribution is 8.13. The van der Waals surface area contributed by atoms with Gasteiger partial charge in [0.15, 0.2) is 11.0 Å². The molecule has 0 amide bonds. The van der Waals surface area contributed by atoms with E-state index in [0.717, 1.165) is 35.0 Å². The molecule has 0 fully saturated rings. The van der Waals surface area contributed by atoms with E-state index in [2.05, 4.69) is 11.8 Å². The van der Waals surface area contributed by atoms with Crippen LogP contribution in [0.1, 0.15) is 33.6 Å². The summed E-state index contributed by atoms with van der Waals surface area (Å²) in [5.41, 5.74) is 2.90. The SMILES string of the molecule is CCCC1N=C(SC)N(c2ccccc2)C(C)=C1C(C)=O. The fourth-order valence-corrected chi connectivity index (χ4v) is 3.42. The number of anilines is 1. The number of rotatable bonds is 4. The first kappa shape index (κ1) is 15.8. The van der Waals surface area contributed by atoms with Gasteiger partial charge in [-0.25, -0.2) is 0 Å².